The van der Waals surface area contributed by atoms with Crippen LogP contribution in [0.4, 0.5) is 0 Å². The Morgan fingerprint density at radius 2 is 1.89 bits per heavy atom. The third-order valence-electron chi connectivity index (χ3n) is 6.79. The van der Waals surface area contributed by atoms with E-state index >= 15 is 0 Å². The van der Waals surface area contributed by atoms with Crippen molar-refractivity contribution in [3.05, 3.63) is 59.2 Å². The molecule has 36 heavy (non-hydrogen) atoms. The zero-order valence-corrected chi connectivity index (χ0v) is 21.7. The molecule has 3 aliphatic rings. The molecular weight excluding hydrogens is 478 g/mol. The number of ether oxygens (including phenoxy) is 2. The molecule has 3 aliphatic heterocycles. The fraction of sp³-hybridized carbons (Fsp3) is 0.444. The van der Waals surface area contributed by atoms with E-state index in [0.29, 0.717) is 30.0 Å². The van der Waals surface area contributed by atoms with Crippen LogP contribution in [0.25, 0.3) is 0 Å². The first-order valence-electron chi connectivity index (χ1n) is 12.2. The van der Waals surface area contributed by atoms with Crippen LogP contribution >= 0.6 is 11.8 Å². The Morgan fingerprint density at radius 1 is 1.14 bits per heavy atom. The van der Waals surface area contributed by atoms with Crippen molar-refractivity contribution in [3.63, 3.8) is 0 Å². The van der Waals surface area contributed by atoms with Crippen molar-refractivity contribution in [2.75, 3.05) is 6.79 Å². The lowest BCUT2D eigenvalue weighted by molar-refractivity contribution is -0.132. The van der Waals surface area contributed by atoms with Gasteiger partial charge in [0.2, 0.25) is 18.6 Å². The largest absolute Gasteiger partial charge is 0.454 e. The van der Waals surface area contributed by atoms with E-state index in [4.69, 9.17) is 9.47 Å². The van der Waals surface area contributed by atoms with Gasteiger partial charge in [-0.1, -0.05) is 38.1 Å². The molecule has 3 atom stereocenters. The van der Waals surface area contributed by atoms with Crippen LogP contribution in [0.1, 0.15) is 61.0 Å². The Morgan fingerprint density at radius 3 is 2.67 bits per heavy atom. The van der Waals surface area contributed by atoms with Crippen molar-refractivity contribution in [2.24, 2.45) is 5.92 Å². The second-order valence-corrected chi connectivity index (χ2v) is 12.1. The second-order valence-electron chi connectivity index (χ2n) is 10.4. The lowest BCUT2D eigenvalue weighted by Gasteiger charge is -2.31. The molecule has 9 heteroatoms. The lowest BCUT2D eigenvalue weighted by Crippen LogP contribution is -2.57. The van der Waals surface area contributed by atoms with Crippen LogP contribution < -0.4 is 20.1 Å². The highest BCUT2D eigenvalue weighted by atomic mass is 32.2. The molecule has 5 rings (SSSR count). The highest BCUT2D eigenvalue weighted by Crippen LogP contribution is 2.56. The maximum absolute atomic E-state index is 13.7. The third-order valence-corrected chi connectivity index (χ3v) is 8.32. The second kappa shape index (κ2) is 9.35. The van der Waals surface area contributed by atoms with Crippen LogP contribution in [-0.4, -0.2) is 46.2 Å². The number of nitrogens with zero attached hydrogens (tertiary/aromatic N) is 1. The lowest BCUT2D eigenvalue weighted by atomic mass is 9.98. The SMILES string of the molecule is CC(C)C[C@H](NC(=O)[C@H]1N2C(=O)c3ccccc3C2SC1(C)C)C(=O)NCc1ccc2c(c1)OCO2. The number of benzene rings is 2. The Bertz CT molecular complexity index is 1210. The fourth-order valence-electron chi connectivity index (χ4n) is 5.12. The van der Waals surface area contributed by atoms with Gasteiger partial charge in [-0.3, -0.25) is 14.4 Å². The highest BCUT2D eigenvalue weighted by Gasteiger charge is 2.57. The summed E-state index contributed by atoms with van der Waals surface area (Å²) in [6.45, 7) is 8.47. The van der Waals surface area contributed by atoms with E-state index in [1.54, 1.807) is 16.7 Å². The Balaban J connectivity index is 1.30. The van der Waals surface area contributed by atoms with Crippen LogP contribution in [0, 0.1) is 5.92 Å². The summed E-state index contributed by atoms with van der Waals surface area (Å²) in [7, 11) is 0. The number of amides is 3. The molecule has 8 nitrogen and oxygen atoms in total. The van der Waals surface area contributed by atoms with E-state index in [9.17, 15) is 14.4 Å². The molecule has 3 heterocycles. The molecule has 1 saturated heterocycles. The van der Waals surface area contributed by atoms with Crippen molar-refractivity contribution in [1.82, 2.24) is 15.5 Å². The molecule has 190 valence electrons. The van der Waals surface area contributed by atoms with Crippen LogP contribution in [0.2, 0.25) is 0 Å². The molecule has 1 unspecified atom stereocenters. The van der Waals surface area contributed by atoms with E-state index in [1.807, 2.05) is 70.2 Å². The van der Waals surface area contributed by atoms with E-state index < -0.39 is 16.8 Å². The van der Waals surface area contributed by atoms with Crippen molar-refractivity contribution in [3.8, 4) is 11.5 Å². The Hall–Kier alpha value is -3.20. The summed E-state index contributed by atoms with van der Waals surface area (Å²) in [4.78, 5) is 41.8. The van der Waals surface area contributed by atoms with Crippen LogP contribution in [0.5, 0.6) is 11.5 Å². The van der Waals surface area contributed by atoms with Crippen LogP contribution in [-0.2, 0) is 16.1 Å². The van der Waals surface area contributed by atoms with Gasteiger partial charge in [0.15, 0.2) is 11.5 Å². The summed E-state index contributed by atoms with van der Waals surface area (Å²) >= 11 is 1.61. The molecule has 2 aromatic carbocycles. The maximum atomic E-state index is 13.7. The first-order chi connectivity index (χ1) is 17.2. The summed E-state index contributed by atoms with van der Waals surface area (Å²) in [6, 6.07) is 11.6. The molecule has 2 aromatic rings. The molecule has 0 aromatic heterocycles. The minimum absolute atomic E-state index is 0.138. The number of hydrogen-bond acceptors (Lipinski definition) is 6. The monoisotopic (exact) mass is 509 g/mol. The van der Waals surface area contributed by atoms with Gasteiger partial charge in [0, 0.05) is 16.9 Å². The predicted octanol–water partition coefficient (Wildman–Crippen LogP) is 3.61. The number of nitrogens with one attached hydrogen (secondary N) is 2. The summed E-state index contributed by atoms with van der Waals surface area (Å²) in [6.07, 6.45) is 0.483. The Kier molecular flexibility index (Phi) is 6.36. The topological polar surface area (TPSA) is 97.0 Å². The van der Waals surface area contributed by atoms with E-state index in [1.165, 1.54) is 0 Å². The van der Waals surface area contributed by atoms with E-state index in [-0.39, 0.29) is 35.8 Å². The van der Waals surface area contributed by atoms with Crippen LogP contribution in [0.15, 0.2) is 42.5 Å². The standard InChI is InChI=1S/C27H31N3O5S/c1-15(2)11-19(23(31)28-13-16-9-10-20-21(12-16)35-14-34-20)29-24(32)22-27(3,4)36-26-18-8-6-5-7-17(18)25(33)30(22)26/h5-10,12,15,19,22,26H,11,13-14H2,1-4H3,(H,28,31)(H,29,32)/t19-,22+,26?/m0/s1. The molecular formula is C27H31N3O5S. The molecule has 0 bridgehead atoms. The van der Waals surface area contributed by atoms with Crippen molar-refractivity contribution in [2.45, 2.75) is 62.9 Å². The Labute approximate surface area is 215 Å². The van der Waals surface area contributed by atoms with Gasteiger partial charge >= 0.3 is 0 Å². The number of carbonyl (C=O) groups is 3. The van der Waals surface area contributed by atoms with Gasteiger partial charge in [-0.2, -0.15) is 0 Å². The predicted molar refractivity (Wildman–Crippen MR) is 137 cm³/mol. The number of thioether (sulfide) groups is 1. The summed E-state index contributed by atoms with van der Waals surface area (Å²) in [5, 5.41) is 5.72. The normalized spacial score (nSPS) is 21.8. The average Bonchev–Trinajstić information content (AvgIpc) is 3.48. The van der Waals surface area contributed by atoms with Gasteiger partial charge in [0.1, 0.15) is 17.5 Å². The molecule has 2 N–H and O–H groups in total. The molecule has 3 amide bonds. The molecule has 0 radical (unpaired) electrons. The number of hydrogen-bond donors (Lipinski definition) is 2. The first-order valence-corrected chi connectivity index (χ1v) is 13.1. The van der Waals surface area contributed by atoms with Gasteiger partial charge in [0.25, 0.3) is 5.91 Å². The molecule has 0 aliphatic carbocycles. The third kappa shape index (κ3) is 4.40. The zero-order chi connectivity index (χ0) is 25.6. The van der Waals surface area contributed by atoms with E-state index in [2.05, 4.69) is 10.6 Å². The molecule has 0 spiro atoms. The summed E-state index contributed by atoms with van der Waals surface area (Å²) in [5.74, 6) is 0.819. The van der Waals surface area contributed by atoms with Crippen molar-refractivity contribution >= 4 is 29.5 Å². The summed E-state index contributed by atoms with van der Waals surface area (Å²) < 4.78 is 10.2. The van der Waals surface area contributed by atoms with Gasteiger partial charge in [-0.25, -0.2) is 0 Å². The zero-order valence-electron chi connectivity index (χ0n) is 20.9. The minimum Gasteiger partial charge on any atom is -0.454 e. The molecule has 0 saturated carbocycles. The van der Waals surface area contributed by atoms with E-state index in [0.717, 1.165) is 11.1 Å². The van der Waals surface area contributed by atoms with Gasteiger partial charge in [-0.05, 0) is 55.5 Å². The van der Waals surface area contributed by atoms with Crippen molar-refractivity contribution in [1.29, 1.82) is 0 Å². The summed E-state index contributed by atoms with van der Waals surface area (Å²) in [5.41, 5.74) is 2.46. The van der Waals surface area contributed by atoms with Gasteiger partial charge < -0.3 is 25.0 Å². The minimum atomic E-state index is -0.716. The number of rotatable bonds is 7. The fourth-order valence-corrected chi connectivity index (χ4v) is 6.71. The smallest absolute Gasteiger partial charge is 0.256 e. The molecule has 1 fully saturated rings. The van der Waals surface area contributed by atoms with Crippen LogP contribution in [0.3, 0.4) is 0 Å². The van der Waals surface area contributed by atoms with Gasteiger partial charge in [0.05, 0.1) is 0 Å². The van der Waals surface area contributed by atoms with Gasteiger partial charge in [-0.15, -0.1) is 11.8 Å². The first kappa shape index (κ1) is 24.5. The van der Waals surface area contributed by atoms with Crippen molar-refractivity contribution < 1.29 is 23.9 Å². The highest BCUT2D eigenvalue weighted by molar-refractivity contribution is 8.01. The average molecular weight is 510 g/mol. The maximum Gasteiger partial charge on any atom is 0.256 e. The number of carbonyl (C=O) groups excluding carboxylic acids is 3. The quantitative estimate of drug-likeness (QED) is 0.592. The number of fused-ring (bicyclic) bond motifs is 4.